The molecule has 1 N–H and O–H groups in total. The van der Waals surface area contributed by atoms with Gasteiger partial charge in [-0.2, -0.15) is 0 Å². The fourth-order valence-corrected chi connectivity index (χ4v) is 0.347. The molecule has 0 aliphatic carbocycles. The number of carboxylic acids is 1. The van der Waals surface area contributed by atoms with Crippen LogP contribution in [0.4, 0.5) is 0 Å². The summed E-state index contributed by atoms with van der Waals surface area (Å²) in [6, 6.07) is 0. The lowest BCUT2D eigenvalue weighted by atomic mass is 10.5. The van der Waals surface area contributed by atoms with Crippen LogP contribution in [0.3, 0.4) is 0 Å². The molecule has 74 valence electrons. The number of oxime groups is 1. The maximum atomic E-state index is 10.4. The Kier molecular flexibility index (Phi) is 5.29. The van der Waals surface area contributed by atoms with Gasteiger partial charge in [-0.15, -0.1) is 4.89 Å². The third kappa shape index (κ3) is 5.68. The van der Waals surface area contributed by atoms with Crippen molar-refractivity contribution in [1.29, 1.82) is 0 Å². The molecule has 0 aromatic rings. The van der Waals surface area contributed by atoms with Crippen LogP contribution in [0.2, 0.25) is 0 Å². The van der Waals surface area contributed by atoms with Crippen molar-refractivity contribution in [3.8, 4) is 0 Å². The molecule has 0 radical (unpaired) electrons. The minimum atomic E-state index is -1.59. The molecule has 6 nitrogen and oxygen atoms in total. The van der Waals surface area contributed by atoms with Crippen LogP contribution in [0.25, 0.3) is 0 Å². The van der Waals surface area contributed by atoms with E-state index in [4.69, 9.17) is 5.11 Å². The average Bonchev–Trinajstić information content (AvgIpc) is 2.03. The van der Waals surface area contributed by atoms with Gasteiger partial charge in [-0.3, -0.25) is 0 Å². The van der Waals surface area contributed by atoms with Crippen molar-refractivity contribution in [2.24, 2.45) is 5.16 Å². The summed E-state index contributed by atoms with van der Waals surface area (Å²) in [6.07, 6.45) is -0.658. The van der Waals surface area contributed by atoms with E-state index >= 15 is 0 Å². The van der Waals surface area contributed by atoms with Crippen molar-refractivity contribution >= 4 is 11.7 Å². The van der Waals surface area contributed by atoms with E-state index in [9.17, 15) is 4.79 Å². The van der Waals surface area contributed by atoms with E-state index in [1.54, 1.807) is 13.8 Å². The van der Waals surface area contributed by atoms with Gasteiger partial charge < -0.3 is 14.8 Å². The van der Waals surface area contributed by atoms with E-state index < -0.39 is 12.3 Å². The molecule has 0 amide bonds. The Bertz CT molecular complexity index is 209. The Morgan fingerprint density at radius 3 is 2.62 bits per heavy atom. The molecule has 0 aromatic carbocycles. The normalized spacial score (nSPS) is 11.2. The number of nitrogens with zero attached hydrogens (tertiary/aromatic N) is 1. The van der Waals surface area contributed by atoms with Crippen LogP contribution in [0.15, 0.2) is 18.0 Å². The predicted molar refractivity (Wildman–Crippen MR) is 43.7 cm³/mol. The molecule has 0 unspecified atom stereocenters. The summed E-state index contributed by atoms with van der Waals surface area (Å²) in [5.41, 5.74) is 0.563. The SMILES string of the molecule is C=COO[C@@H](ON=C(C)C)C(=O)O. The second-order valence-electron chi connectivity index (χ2n) is 2.17. The van der Waals surface area contributed by atoms with Crippen LogP contribution < -0.4 is 0 Å². The Morgan fingerprint density at radius 1 is 1.62 bits per heavy atom. The first-order valence-electron chi connectivity index (χ1n) is 3.40. The maximum Gasteiger partial charge on any atom is 0.380 e. The van der Waals surface area contributed by atoms with Gasteiger partial charge in [-0.05, 0) is 13.8 Å². The highest BCUT2D eigenvalue weighted by molar-refractivity contribution is 5.78. The van der Waals surface area contributed by atoms with Crippen LogP contribution in [-0.2, 0) is 19.4 Å². The molecule has 0 saturated carbocycles. The molecule has 0 bridgehead atoms. The molecule has 0 rings (SSSR count). The summed E-state index contributed by atoms with van der Waals surface area (Å²) in [5.74, 6) is -1.34. The second kappa shape index (κ2) is 6.01. The van der Waals surface area contributed by atoms with Gasteiger partial charge in [0.1, 0.15) is 6.26 Å². The van der Waals surface area contributed by atoms with E-state index in [1.807, 2.05) is 0 Å². The summed E-state index contributed by atoms with van der Waals surface area (Å²) in [7, 11) is 0. The second-order valence-corrected chi connectivity index (χ2v) is 2.17. The van der Waals surface area contributed by atoms with E-state index in [0.29, 0.717) is 5.71 Å². The number of hydrogen-bond donors (Lipinski definition) is 1. The monoisotopic (exact) mass is 189 g/mol. The lowest BCUT2D eigenvalue weighted by molar-refractivity contribution is -0.339. The molecule has 1 atom stereocenters. The number of rotatable bonds is 6. The smallest absolute Gasteiger partial charge is 0.380 e. The largest absolute Gasteiger partial charge is 0.476 e. The summed E-state index contributed by atoms with van der Waals surface area (Å²) in [6.45, 7) is 6.45. The van der Waals surface area contributed by atoms with Crippen molar-refractivity contribution in [3.05, 3.63) is 12.8 Å². The topological polar surface area (TPSA) is 77.3 Å². The molecule has 0 aliphatic rings. The highest BCUT2D eigenvalue weighted by Crippen LogP contribution is 1.97. The van der Waals surface area contributed by atoms with E-state index in [1.165, 1.54) is 0 Å². The van der Waals surface area contributed by atoms with Crippen LogP contribution in [0.1, 0.15) is 13.8 Å². The molecule has 0 aromatic heterocycles. The summed E-state index contributed by atoms with van der Waals surface area (Å²) in [5, 5.41) is 11.9. The predicted octanol–water partition coefficient (Wildman–Crippen LogP) is 0.901. The zero-order chi connectivity index (χ0) is 10.3. The highest BCUT2D eigenvalue weighted by atomic mass is 17.2. The van der Waals surface area contributed by atoms with Crippen molar-refractivity contribution in [2.45, 2.75) is 20.1 Å². The maximum absolute atomic E-state index is 10.4. The molecular formula is C7H11NO5. The van der Waals surface area contributed by atoms with Crippen molar-refractivity contribution in [1.82, 2.24) is 0 Å². The van der Waals surface area contributed by atoms with Crippen molar-refractivity contribution in [3.63, 3.8) is 0 Å². The Balaban J connectivity index is 4.02. The number of carbonyl (C=O) groups is 1. The highest BCUT2D eigenvalue weighted by Gasteiger charge is 2.21. The molecule has 0 fully saturated rings. The third-order valence-corrected chi connectivity index (χ3v) is 0.744. The van der Waals surface area contributed by atoms with Gasteiger partial charge in [0, 0.05) is 0 Å². The fourth-order valence-electron chi connectivity index (χ4n) is 0.347. The minimum absolute atomic E-state index is 0.563. The molecule has 0 aliphatic heterocycles. The Labute approximate surface area is 75.3 Å². The van der Waals surface area contributed by atoms with Crippen molar-refractivity contribution < 1.29 is 24.5 Å². The van der Waals surface area contributed by atoms with Gasteiger partial charge in [0.2, 0.25) is 0 Å². The first kappa shape index (κ1) is 11.4. The van der Waals surface area contributed by atoms with E-state index in [-0.39, 0.29) is 0 Å². The standard InChI is InChI=1S/C7H11NO5/c1-4-11-13-7(6(9)10)12-8-5(2)3/h4,7H,1H2,2-3H3,(H,9,10)/t7-/m1/s1. The lowest BCUT2D eigenvalue weighted by Crippen LogP contribution is -2.25. The minimum Gasteiger partial charge on any atom is -0.476 e. The molecule has 13 heavy (non-hydrogen) atoms. The average molecular weight is 189 g/mol. The first-order valence-corrected chi connectivity index (χ1v) is 3.40. The van der Waals surface area contributed by atoms with Crippen LogP contribution in [-0.4, -0.2) is 23.1 Å². The van der Waals surface area contributed by atoms with Gasteiger partial charge >= 0.3 is 12.3 Å². The van der Waals surface area contributed by atoms with E-state index in [0.717, 1.165) is 6.26 Å². The molecule has 0 spiro atoms. The van der Waals surface area contributed by atoms with Gasteiger partial charge in [0.25, 0.3) is 0 Å². The number of carboxylic acid groups (broad SMARTS) is 1. The van der Waals surface area contributed by atoms with Gasteiger partial charge in [-0.1, -0.05) is 11.7 Å². The molecule has 6 heteroatoms. The lowest BCUT2D eigenvalue weighted by Gasteiger charge is -2.08. The molecule has 0 heterocycles. The number of hydrogen-bond acceptors (Lipinski definition) is 5. The fraction of sp³-hybridized carbons (Fsp3) is 0.429. The molecule has 0 saturated heterocycles. The van der Waals surface area contributed by atoms with Crippen molar-refractivity contribution in [2.75, 3.05) is 0 Å². The third-order valence-electron chi connectivity index (χ3n) is 0.744. The van der Waals surface area contributed by atoms with Gasteiger partial charge in [0.05, 0.1) is 5.71 Å². The zero-order valence-corrected chi connectivity index (χ0v) is 7.39. The summed E-state index contributed by atoms with van der Waals surface area (Å²) < 4.78 is 0. The van der Waals surface area contributed by atoms with E-state index in [2.05, 4.69) is 26.3 Å². The Morgan fingerprint density at radius 2 is 2.23 bits per heavy atom. The van der Waals surface area contributed by atoms with Crippen LogP contribution >= 0.6 is 0 Å². The number of aliphatic carboxylic acids is 1. The summed E-state index contributed by atoms with van der Waals surface area (Å²) >= 11 is 0. The summed E-state index contributed by atoms with van der Waals surface area (Å²) in [4.78, 5) is 23.3. The first-order chi connectivity index (χ1) is 6.07. The van der Waals surface area contributed by atoms with Crippen LogP contribution in [0.5, 0.6) is 0 Å². The zero-order valence-electron chi connectivity index (χ0n) is 7.39. The van der Waals surface area contributed by atoms with Gasteiger partial charge in [-0.25, -0.2) is 4.79 Å². The van der Waals surface area contributed by atoms with Gasteiger partial charge in [0.15, 0.2) is 0 Å². The van der Waals surface area contributed by atoms with Crippen LogP contribution in [0, 0.1) is 0 Å². The quantitative estimate of drug-likeness (QED) is 0.221. The Hall–Kier alpha value is -1.56. The molecular weight excluding hydrogens is 178 g/mol.